The normalized spacial score (nSPS) is 21.5. The lowest BCUT2D eigenvalue weighted by Gasteiger charge is -2.27. The molecule has 2 aliphatic rings. The van der Waals surface area contributed by atoms with Crippen molar-refractivity contribution in [3.63, 3.8) is 0 Å². The lowest BCUT2D eigenvalue weighted by Crippen LogP contribution is -2.38. The highest BCUT2D eigenvalue weighted by Gasteiger charge is 2.28. The second kappa shape index (κ2) is 6.68. The first-order chi connectivity index (χ1) is 11.8. The molecule has 1 saturated heterocycles. The van der Waals surface area contributed by atoms with Gasteiger partial charge in [-0.25, -0.2) is 9.97 Å². The molecule has 0 aliphatic carbocycles. The molecule has 1 unspecified atom stereocenters. The van der Waals surface area contributed by atoms with Crippen LogP contribution in [-0.4, -0.2) is 61.4 Å². The van der Waals surface area contributed by atoms with E-state index in [1.165, 1.54) is 32.1 Å². The number of imidazole rings is 1. The number of aromatic nitrogens is 4. The van der Waals surface area contributed by atoms with Crippen molar-refractivity contribution in [2.45, 2.75) is 25.9 Å². The van der Waals surface area contributed by atoms with Crippen LogP contribution in [0.25, 0.3) is 0 Å². The topological polar surface area (TPSA) is 67.2 Å². The number of hydrogen-bond acceptors (Lipinski definition) is 5. The molecule has 1 atom stereocenters. The predicted molar refractivity (Wildman–Crippen MR) is 88.2 cm³/mol. The number of amides is 1. The Morgan fingerprint density at radius 2 is 2.00 bits per heavy atom. The van der Waals surface area contributed by atoms with Gasteiger partial charge in [0.2, 0.25) is 0 Å². The van der Waals surface area contributed by atoms with Gasteiger partial charge in [0, 0.05) is 50.3 Å². The summed E-state index contributed by atoms with van der Waals surface area (Å²) in [6.45, 7) is 5.54. The Kier molecular flexibility index (Phi) is 4.25. The van der Waals surface area contributed by atoms with E-state index in [9.17, 15) is 4.79 Å². The summed E-state index contributed by atoms with van der Waals surface area (Å²) in [5.41, 5.74) is 0.400. The Morgan fingerprint density at radius 3 is 2.79 bits per heavy atom. The van der Waals surface area contributed by atoms with Crippen LogP contribution >= 0.6 is 0 Å². The van der Waals surface area contributed by atoms with Crippen LogP contribution in [0.3, 0.4) is 0 Å². The Balaban J connectivity index is 1.55. The van der Waals surface area contributed by atoms with Crippen molar-refractivity contribution in [3.05, 3.63) is 42.5 Å². The molecular weight excluding hydrogens is 304 g/mol. The predicted octanol–water partition coefficient (Wildman–Crippen LogP) is 1.04. The first-order valence-corrected chi connectivity index (χ1v) is 8.57. The molecule has 0 radical (unpaired) electrons. The standard InChI is InChI=1S/C17H22N6O/c24-17(15-9-18-3-4-19-15)23-12-14(10-21-6-1-2-7-21)11-22-8-5-20-16(22)13-23/h3-5,8-9,14H,1-2,6-7,10-13H2. The molecule has 0 N–H and O–H groups in total. The molecule has 0 bridgehead atoms. The van der Waals surface area contributed by atoms with Crippen molar-refractivity contribution >= 4 is 5.91 Å². The molecule has 4 rings (SSSR count). The van der Waals surface area contributed by atoms with Crippen LogP contribution in [0.15, 0.2) is 31.0 Å². The van der Waals surface area contributed by atoms with E-state index >= 15 is 0 Å². The van der Waals surface area contributed by atoms with Crippen molar-refractivity contribution in [1.29, 1.82) is 0 Å². The van der Waals surface area contributed by atoms with E-state index in [0.29, 0.717) is 18.2 Å². The summed E-state index contributed by atoms with van der Waals surface area (Å²) in [4.78, 5) is 29.8. The summed E-state index contributed by atoms with van der Waals surface area (Å²) in [6, 6.07) is 0. The van der Waals surface area contributed by atoms with Crippen molar-refractivity contribution in [2.24, 2.45) is 5.92 Å². The zero-order valence-electron chi connectivity index (χ0n) is 13.7. The molecule has 7 nitrogen and oxygen atoms in total. The zero-order chi connectivity index (χ0) is 16.4. The van der Waals surface area contributed by atoms with Crippen molar-refractivity contribution in [1.82, 2.24) is 29.3 Å². The Bertz CT molecular complexity index is 694. The van der Waals surface area contributed by atoms with Gasteiger partial charge in [0.25, 0.3) is 5.91 Å². The SMILES string of the molecule is O=C(c1cnccn1)N1Cc2nccn2CC(CN2CCCC2)C1. The molecule has 1 fully saturated rings. The fourth-order valence-electron chi connectivity index (χ4n) is 3.71. The third-order valence-corrected chi connectivity index (χ3v) is 4.85. The summed E-state index contributed by atoms with van der Waals surface area (Å²) in [5.74, 6) is 1.28. The summed E-state index contributed by atoms with van der Waals surface area (Å²) in [7, 11) is 0. The maximum absolute atomic E-state index is 12.8. The van der Waals surface area contributed by atoms with Gasteiger partial charge in [-0.05, 0) is 25.9 Å². The highest BCUT2D eigenvalue weighted by atomic mass is 16.2. The number of carbonyl (C=O) groups is 1. The largest absolute Gasteiger partial charge is 0.333 e. The minimum absolute atomic E-state index is 0.0639. The van der Waals surface area contributed by atoms with E-state index in [4.69, 9.17) is 0 Å². The number of rotatable bonds is 3. The van der Waals surface area contributed by atoms with E-state index in [0.717, 1.165) is 25.5 Å². The molecule has 0 spiro atoms. The second-order valence-electron chi connectivity index (χ2n) is 6.65. The molecule has 24 heavy (non-hydrogen) atoms. The molecule has 4 heterocycles. The molecule has 1 amide bonds. The molecule has 2 aromatic rings. The third-order valence-electron chi connectivity index (χ3n) is 4.85. The zero-order valence-corrected chi connectivity index (χ0v) is 13.7. The van der Waals surface area contributed by atoms with E-state index in [1.54, 1.807) is 12.4 Å². The van der Waals surface area contributed by atoms with Gasteiger partial charge in [0.1, 0.15) is 11.5 Å². The maximum Gasteiger partial charge on any atom is 0.274 e. The number of fused-ring (bicyclic) bond motifs is 1. The summed E-state index contributed by atoms with van der Waals surface area (Å²) in [6.07, 6.45) is 11.1. The van der Waals surface area contributed by atoms with Crippen molar-refractivity contribution in [3.8, 4) is 0 Å². The quantitative estimate of drug-likeness (QED) is 0.843. The minimum atomic E-state index is -0.0639. The number of hydrogen-bond donors (Lipinski definition) is 0. The van der Waals surface area contributed by atoms with Gasteiger partial charge in [-0.15, -0.1) is 0 Å². The fraction of sp³-hybridized carbons (Fsp3) is 0.529. The molecule has 7 heteroatoms. The smallest absolute Gasteiger partial charge is 0.274 e. The molecule has 0 aromatic carbocycles. The average Bonchev–Trinajstić information content (AvgIpc) is 3.24. The van der Waals surface area contributed by atoms with Gasteiger partial charge in [-0.1, -0.05) is 0 Å². The Hall–Kier alpha value is -2.28. The highest BCUT2D eigenvalue weighted by Crippen LogP contribution is 2.20. The molecule has 126 valence electrons. The summed E-state index contributed by atoms with van der Waals surface area (Å²) < 4.78 is 2.19. The number of nitrogens with zero attached hydrogens (tertiary/aromatic N) is 6. The monoisotopic (exact) mass is 326 g/mol. The molecule has 2 aromatic heterocycles. The average molecular weight is 326 g/mol. The van der Waals surface area contributed by atoms with Crippen LogP contribution in [0.5, 0.6) is 0 Å². The molecule has 0 saturated carbocycles. The fourth-order valence-corrected chi connectivity index (χ4v) is 3.71. The lowest BCUT2D eigenvalue weighted by atomic mass is 10.1. The van der Waals surface area contributed by atoms with Gasteiger partial charge in [0.05, 0.1) is 12.7 Å². The maximum atomic E-state index is 12.8. The lowest BCUT2D eigenvalue weighted by molar-refractivity contribution is 0.0700. The third kappa shape index (κ3) is 3.17. The van der Waals surface area contributed by atoms with Gasteiger partial charge in [-0.2, -0.15) is 0 Å². The van der Waals surface area contributed by atoms with Crippen LogP contribution in [0.1, 0.15) is 29.2 Å². The van der Waals surface area contributed by atoms with Crippen LogP contribution in [0.2, 0.25) is 0 Å². The minimum Gasteiger partial charge on any atom is -0.333 e. The van der Waals surface area contributed by atoms with E-state index < -0.39 is 0 Å². The Labute approximate surface area is 141 Å². The van der Waals surface area contributed by atoms with Crippen LogP contribution in [-0.2, 0) is 13.1 Å². The van der Waals surface area contributed by atoms with Crippen LogP contribution < -0.4 is 0 Å². The van der Waals surface area contributed by atoms with E-state index in [2.05, 4.69) is 24.4 Å². The van der Waals surface area contributed by atoms with Crippen LogP contribution in [0, 0.1) is 5.92 Å². The van der Waals surface area contributed by atoms with Gasteiger partial charge in [-0.3, -0.25) is 9.78 Å². The molecular formula is C17H22N6O. The second-order valence-corrected chi connectivity index (χ2v) is 6.65. The molecule has 2 aliphatic heterocycles. The first kappa shape index (κ1) is 15.3. The number of carbonyl (C=O) groups excluding carboxylic acids is 1. The van der Waals surface area contributed by atoms with Gasteiger partial charge < -0.3 is 14.4 Å². The van der Waals surface area contributed by atoms with Crippen molar-refractivity contribution < 1.29 is 4.79 Å². The van der Waals surface area contributed by atoms with E-state index in [1.807, 2.05) is 17.3 Å². The first-order valence-electron chi connectivity index (χ1n) is 8.57. The van der Waals surface area contributed by atoms with Crippen LogP contribution in [0.4, 0.5) is 0 Å². The van der Waals surface area contributed by atoms with Gasteiger partial charge >= 0.3 is 0 Å². The van der Waals surface area contributed by atoms with E-state index in [-0.39, 0.29) is 5.91 Å². The highest BCUT2D eigenvalue weighted by molar-refractivity contribution is 5.91. The Morgan fingerprint density at radius 1 is 1.12 bits per heavy atom. The van der Waals surface area contributed by atoms with Gasteiger partial charge in [0.15, 0.2) is 0 Å². The number of likely N-dealkylation sites (tertiary alicyclic amines) is 1. The van der Waals surface area contributed by atoms with Crippen molar-refractivity contribution in [2.75, 3.05) is 26.2 Å². The summed E-state index contributed by atoms with van der Waals surface area (Å²) >= 11 is 0. The summed E-state index contributed by atoms with van der Waals surface area (Å²) in [5, 5.41) is 0.